The van der Waals surface area contributed by atoms with E-state index in [1.807, 2.05) is 39.0 Å². The van der Waals surface area contributed by atoms with Gasteiger partial charge in [-0.1, -0.05) is 105 Å². The zero-order valence-corrected chi connectivity index (χ0v) is 30.7. The summed E-state index contributed by atoms with van der Waals surface area (Å²) in [4.78, 5) is 0. The lowest BCUT2D eigenvalue weighted by atomic mass is 9.90. The summed E-state index contributed by atoms with van der Waals surface area (Å²) in [5, 5.41) is 18.8. The van der Waals surface area contributed by atoms with Crippen molar-refractivity contribution >= 4 is 73.8 Å². The average molecular weight is 629 g/mol. The quantitative estimate of drug-likeness (QED) is 0.130. The molecule has 43 heavy (non-hydrogen) atoms. The summed E-state index contributed by atoms with van der Waals surface area (Å²) in [5.74, 6) is 14.6. The Labute approximate surface area is 269 Å². The van der Waals surface area contributed by atoms with Crippen molar-refractivity contribution in [3.8, 4) is 22.3 Å². The van der Waals surface area contributed by atoms with Crippen molar-refractivity contribution in [2.75, 3.05) is 34.5 Å². The summed E-state index contributed by atoms with van der Waals surface area (Å²) in [5.41, 5.74) is 2.36. The highest BCUT2D eigenvalue weighted by molar-refractivity contribution is 8.37. The molecule has 0 N–H and O–H groups in total. The van der Waals surface area contributed by atoms with Gasteiger partial charge in [0.2, 0.25) is 0 Å². The van der Waals surface area contributed by atoms with Crippen molar-refractivity contribution in [1.82, 2.24) is 0 Å². The lowest BCUT2D eigenvalue weighted by molar-refractivity contribution is 1.36. The largest absolute Gasteiger partial charge is 0.178 e. The van der Waals surface area contributed by atoms with Crippen molar-refractivity contribution in [2.24, 2.45) is 0 Å². The van der Waals surface area contributed by atoms with E-state index in [-0.39, 0.29) is 0 Å². The van der Waals surface area contributed by atoms with Crippen LogP contribution < -0.4 is 0 Å². The predicted molar refractivity (Wildman–Crippen MR) is 209 cm³/mol. The summed E-state index contributed by atoms with van der Waals surface area (Å²) >= 11 is 1.82. The molecule has 0 amide bonds. The van der Waals surface area contributed by atoms with Gasteiger partial charge in [0, 0.05) is 21.2 Å². The summed E-state index contributed by atoms with van der Waals surface area (Å²) < 4.78 is 1.32. The van der Waals surface area contributed by atoms with E-state index >= 15 is 0 Å². The van der Waals surface area contributed by atoms with Crippen LogP contribution in [0.5, 0.6) is 0 Å². The zero-order valence-electron chi connectivity index (χ0n) is 28.2. The SMILES string of the molecule is CC.CC.CCS(C#Cc1c2cc3ccccc3cc2c(C#CS(CC)(CC)CC)c2cc3sccc3cc12)(CC)CC. The molecule has 230 valence electrons. The van der Waals surface area contributed by atoms with Crippen molar-refractivity contribution in [3.63, 3.8) is 0 Å². The monoisotopic (exact) mass is 628 g/mol. The Morgan fingerprint density at radius 1 is 0.512 bits per heavy atom. The van der Waals surface area contributed by atoms with Crippen LogP contribution in [-0.4, -0.2) is 34.5 Å². The molecule has 0 aliphatic rings. The van der Waals surface area contributed by atoms with E-state index in [1.54, 1.807) is 0 Å². The van der Waals surface area contributed by atoms with Gasteiger partial charge >= 0.3 is 0 Å². The Kier molecular flexibility index (Phi) is 13.0. The van der Waals surface area contributed by atoms with E-state index in [4.69, 9.17) is 0 Å². The van der Waals surface area contributed by atoms with Gasteiger partial charge in [0.1, 0.15) is 0 Å². The van der Waals surface area contributed by atoms with Gasteiger partial charge in [0.25, 0.3) is 0 Å². The molecule has 5 rings (SSSR count). The number of rotatable bonds is 6. The van der Waals surface area contributed by atoms with Crippen LogP contribution in [0, 0.1) is 22.3 Å². The highest BCUT2D eigenvalue weighted by Gasteiger charge is 2.19. The summed E-state index contributed by atoms with van der Waals surface area (Å²) in [6.07, 6.45) is 0. The molecule has 0 saturated carbocycles. The van der Waals surface area contributed by atoms with Crippen LogP contribution in [0.3, 0.4) is 0 Å². The van der Waals surface area contributed by atoms with Crippen LogP contribution in [0.2, 0.25) is 0 Å². The Balaban J connectivity index is 0.00000121. The van der Waals surface area contributed by atoms with Crippen molar-refractivity contribution < 1.29 is 0 Å². The first kappa shape index (κ1) is 34.9. The second-order valence-corrected chi connectivity index (χ2v) is 19.1. The Hall–Kier alpha value is -2.56. The van der Waals surface area contributed by atoms with Gasteiger partial charge in [-0.15, -0.1) is 11.3 Å². The molecule has 0 nitrogen and oxygen atoms in total. The molecule has 0 aliphatic heterocycles. The van der Waals surface area contributed by atoms with Gasteiger partial charge < -0.3 is 0 Å². The highest BCUT2D eigenvalue weighted by atomic mass is 32.3. The third-order valence-corrected chi connectivity index (χ3v) is 17.2. The molecular formula is C40H52S3. The second-order valence-electron chi connectivity index (χ2n) is 10.1. The Morgan fingerprint density at radius 2 is 0.884 bits per heavy atom. The second kappa shape index (κ2) is 16.0. The molecule has 0 unspecified atom stereocenters. The molecule has 3 heteroatoms. The number of hydrogen-bond acceptors (Lipinski definition) is 1. The smallest absolute Gasteiger partial charge is 0.0412 e. The van der Waals surface area contributed by atoms with Gasteiger partial charge in [-0.2, -0.15) is 20.1 Å². The molecule has 0 spiro atoms. The minimum absolute atomic E-state index is 0.953. The molecule has 0 saturated heterocycles. The van der Waals surface area contributed by atoms with Gasteiger partial charge in [-0.05, 0) is 113 Å². The van der Waals surface area contributed by atoms with E-state index in [2.05, 4.69) is 124 Å². The maximum Gasteiger partial charge on any atom is 0.0412 e. The fourth-order valence-corrected chi connectivity index (χ4v) is 10.4. The maximum absolute atomic E-state index is 3.88. The predicted octanol–water partition coefficient (Wildman–Crippen LogP) is 12.8. The molecule has 1 aromatic heterocycles. The van der Waals surface area contributed by atoms with E-state index in [1.165, 1.54) is 53.5 Å². The average Bonchev–Trinajstić information content (AvgIpc) is 3.54. The van der Waals surface area contributed by atoms with Gasteiger partial charge in [0.05, 0.1) is 0 Å². The number of thiophene rings is 1. The highest BCUT2D eigenvalue weighted by Crippen LogP contribution is 2.47. The molecule has 0 fully saturated rings. The van der Waals surface area contributed by atoms with E-state index in [0.717, 1.165) is 34.5 Å². The molecule has 4 aromatic carbocycles. The summed E-state index contributed by atoms with van der Waals surface area (Å²) in [6, 6.07) is 20.5. The maximum atomic E-state index is 3.88. The van der Waals surface area contributed by atoms with Crippen LogP contribution in [-0.2, 0) is 0 Å². The third-order valence-electron chi connectivity index (χ3n) is 8.66. The van der Waals surface area contributed by atoms with Gasteiger partial charge in [0.15, 0.2) is 0 Å². The topological polar surface area (TPSA) is 0 Å². The van der Waals surface area contributed by atoms with Crippen molar-refractivity contribution in [2.45, 2.75) is 69.2 Å². The normalized spacial score (nSPS) is 12.0. The van der Waals surface area contributed by atoms with Crippen molar-refractivity contribution in [1.29, 1.82) is 0 Å². The van der Waals surface area contributed by atoms with Gasteiger partial charge in [-0.3, -0.25) is 0 Å². The van der Waals surface area contributed by atoms with E-state index < -0.39 is 20.1 Å². The minimum Gasteiger partial charge on any atom is -0.178 e. The number of hydrogen-bond donors (Lipinski definition) is 0. The van der Waals surface area contributed by atoms with Gasteiger partial charge in [-0.25, -0.2) is 0 Å². The number of fused-ring (bicyclic) bond motifs is 4. The number of benzene rings is 4. The van der Waals surface area contributed by atoms with Crippen LogP contribution in [0.25, 0.3) is 42.4 Å². The van der Waals surface area contributed by atoms with Crippen LogP contribution in [0.15, 0.2) is 60.0 Å². The zero-order chi connectivity index (χ0) is 31.6. The molecular weight excluding hydrogens is 577 g/mol. The molecule has 1 heterocycles. The van der Waals surface area contributed by atoms with E-state index in [0.29, 0.717) is 0 Å². The summed E-state index contributed by atoms with van der Waals surface area (Å²) in [6.45, 7) is 21.9. The third kappa shape index (κ3) is 7.07. The first-order valence-electron chi connectivity index (χ1n) is 16.3. The standard InChI is InChI=1S/C36H40S3.2C2H6/c1-7-38(8-2,9-3)21-18-30-32-23-27-15-13-14-16-28(27)24-33(32)31(19-22-39(10-4,11-5)12-6)35-26-36-29(17-20-37-36)25-34(30)35;2*1-2/h13-17,20,23-26H,7-12H2,1-6H3;2*1-2H3. The Bertz CT molecular complexity index is 1640. The van der Waals surface area contributed by atoms with Crippen LogP contribution in [0.4, 0.5) is 0 Å². The van der Waals surface area contributed by atoms with Crippen LogP contribution in [0.1, 0.15) is 80.4 Å². The molecule has 0 radical (unpaired) electrons. The fraction of sp³-hybridized carbons (Fsp3) is 0.400. The summed E-state index contributed by atoms with van der Waals surface area (Å²) in [7, 11) is -1.91. The lowest BCUT2D eigenvalue weighted by Crippen LogP contribution is -2.06. The first-order chi connectivity index (χ1) is 21.0. The van der Waals surface area contributed by atoms with E-state index in [9.17, 15) is 0 Å². The molecule has 0 aliphatic carbocycles. The minimum atomic E-state index is -0.953. The Morgan fingerprint density at radius 3 is 1.28 bits per heavy atom. The lowest BCUT2D eigenvalue weighted by Gasteiger charge is -2.30. The van der Waals surface area contributed by atoms with Crippen LogP contribution >= 0.6 is 31.4 Å². The molecule has 0 atom stereocenters. The molecule has 5 aromatic rings. The molecule has 0 bridgehead atoms. The first-order valence-corrected chi connectivity index (χ1v) is 21.5. The van der Waals surface area contributed by atoms with Crippen molar-refractivity contribution in [3.05, 3.63) is 71.1 Å². The fourth-order valence-electron chi connectivity index (χ4n) is 5.61.